The third-order valence-electron chi connectivity index (χ3n) is 1.62. The van der Waals surface area contributed by atoms with Gasteiger partial charge in [0.05, 0.1) is 4.92 Å². The van der Waals surface area contributed by atoms with E-state index in [0.29, 0.717) is 0 Å². The van der Waals surface area contributed by atoms with Crippen molar-refractivity contribution in [2.24, 2.45) is 5.14 Å². The van der Waals surface area contributed by atoms with Crippen molar-refractivity contribution in [2.45, 2.75) is 11.3 Å². The highest BCUT2D eigenvalue weighted by molar-refractivity contribution is 7.89. The molecular formula is C6H3F4N3O5S. The molecule has 1 aromatic heterocycles. The summed E-state index contributed by atoms with van der Waals surface area (Å²) < 4.78 is 74.4. The highest BCUT2D eigenvalue weighted by Crippen LogP contribution is 2.32. The van der Waals surface area contributed by atoms with Gasteiger partial charge in [-0.2, -0.15) is 4.39 Å². The fourth-order valence-electron chi connectivity index (χ4n) is 1.00. The minimum Gasteiger partial charge on any atom is -0.386 e. The van der Waals surface area contributed by atoms with E-state index in [0.717, 1.165) is 0 Å². The van der Waals surface area contributed by atoms with Crippen molar-refractivity contribution >= 4 is 15.7 Å². The standard InChI is InChI=1S/C6H3F4N3O5S/c7-3-2(13(14)15)1-12-5(18-6(8,9)10)4(3)19(11,16)17/h1H,(H2,11,16,17). The lowest BCUT2D eigenvalue weighted by molar-refractivity contribution is -0.388. The van der Waals surface area contributed by atoms with Gasteiger partial charge in [-0.05, 0) is 0 Å². The Morgan fingerprint density at radius 1 is 1.42 bits per heavy atom. The molecule has 0 atom stereocenters. The smallest absolute Gasteiger partial charge is 0.386 e. The Bertz CT molecular complexity index is 628. The SMILES string of the molecule is NS(=O)(=O)c1c(OC(F)(F)F)ncc([N+](=O)[O-])c1F. The van der Waals surface area contributed by atoms with Crippen molar-refractivity contribution in [3.63, 3.8) is 0 Å². The lowest BCUT2D eigenvalue weighted by Gasteiger charge is -2.11. The number of sulfonamides is 1. The lowest BCUT2D eigenvalue weighted by atomic mass is 10.4. The molecule has 0 aromatic carbocycles. The number of ether oxygens (including phenoxy) is 1. The van der Waals surface area contributed by atoms with E-state index in [-0.39, 0.29) is 6.20 Å². The first kappa shape index (κ1) is 15.0. The number of rotatable bonds is 3. The molecule has 13 heteroatoms. The van der Waals surface area contributed by atoms with Crippen molar-refractivity contribution in [3.8, 4) is 5.88 Å². The van der Waals surface area contributed by atoms with E-state index in [1.165, 1.54) is 0 Å². The van der Waals surface area contributed by atoms with Crippen LogP contribution in [0.15, 0.2) is 11.1 Å². The molecule has 1 rings (SSSR count). The Morgan fingerprint density at radius 2 is 1.95 bits per heavy atom. The van der Waals surface area contributed by atoms with E-state index in [1.807, 2.05) is 0 Å². The van der Waals surface area contributed by atoms with Crippen molar-refractivity contribution < 1.29 is 35.6 Å². The second-order valence-electron chi connectivity index (χ2n) is 2.94. The number of hydrogen-bond donors (Lipinski definition) is 1. The van der Waals surface area contributed by atoms with Crippen LogP contribution in [0.5, 0.6) is 5.88 Å². The number of nitrogens with two attached hydrogens (primary N) is 1. The molecule has 8 nitrogen and oxygen atoms in total. The van der Waals surface area contributed by atoms with Gasteiger partial charge in [0.2, 0.25) is 21.7 Å². The number of pyridine rings is 1. The molecule has 0 fully saturated rings. The lowest BCUT2D eigenvalue weighted by Crippen LogP contribution is -2.23. The summed E-state index contributed by atoms with van der Waals surface area (Å²) in [5.74, 6) is -3.83. The van der Waals surface area contributed by atoms with E-state index in [4.69, 9.17) is 0 Å². The molecule has 0 unspecified atom stereocenters. The van der Waals surface area contributed by atoms with Gasteiger partial charge in [0, 0.05) is 0 Å². The van der Waals surface area contributed by atoms with Crippen LogP contribution in [0.2, 0.25) is 0 Å². The molecular weight excluding hydrogens is 302 g/mol. The Balaban J connectivity index is 3.59. The Kier molecular flexibility index (Phi) is 3.63. The molecule has 0 aliphatic carbocycles. The molecule has 0 bridgehead atoms. The Labute approximate surface area is 102 Å². The zero-order chi connectivity index (χ0) is 15.0. The molecule has 0 saturated heterocycles. The van der Waals surface area contributed by atoms with Gasteiger partial charge in [0.15, 0.2) is 4.90 Å². The molecule has 0 spiro atoms. The van der Waals surface area contributed by atoms with Gasteiger partial charge in [-0.15, -0.1) is 13.2 Å². The topological polar surface area (TPSA) is 125 Å². The van der Waals surface area contributed by atoms with Crippen LogP contribution in [0.1, 0.15) is 0 Å². The third kappa shape index (κ3) is 3.47. The summed E-state index contributed by atoms with van der Waals surface area (Å²) in [5.41, 5.74) is -1.46. The molecule has 0 aliphatic rings. The second-order valence-corrected chi connectivity index (χ2v) is 4.44. The molecule has 0 saturated carbocycles. The van der Waals surface area contributed by atoms with Crippen LogP contribution in [0.25, 0.3) is 0 Å². The van der Waals surface area contributed by atoms with E-state index < -0.39 is 43.6 Å². The second kappa shape index (κ2) is 4.58. The van der Waals surface area contributed by atoms with Crippen LogP contribution >= 0.6 is 0 Å². The summed E-state index contributed by atoms with van der Waals surface area (Å²) in [7, 11) is -5.06. The third-order valence-corrected chi connectivity index (χ3v) is 2.54. The fourth-order valence-corrected chi connectivity index (χ4v) is 1.69. The Morgan fingerprint density at radius 3 is 2.32 bits per heavy atom. The first-order chi connectivity index (χ1) is 8.43. The van der Waals surface area contributed by atoms with E-state index in [1.54, 1.807) is 0 Å². The summed E-state index contributed by atoms with van der Waals surface area (Å²) in [6, 6.07) is 0. The predicted octanol–water partition coefficient (Wildman–Crippen LogP) is 0.675. The summed E-state index contributed by atoms with van der Waals surface area (Å²) in [6.07, 6.45) is -5.31. The van der Waals surface area contributed by atoms with E-state index >= 15 is 0 Å². The summed E-state index contributed by atoms with van der Waals surface area (Å²) >= 11 is 0. The molecule has 106 valence electrons. The average Bonchev–Trinajstić information content (AvgIpc) is 2.11. The molecule has 0 radical (unpaired) electrons. The molecule has 19 heavy (non-hydrogen) atoms. The predicted molar refractivity (Wildman–Crippen MR) is 48.9 cm³/mol. The number of nitro groups is 1. The zero-order valence-corrected chi connectivity index (χ0v) is 9.33. The van der Waals surface area contributed by atoms with E-state index in [9.17, 15) is 36.1 Å². The van der Waals surface area contributed by atoms with Crippen LogP contribution in [0, 0.1) is 15.9 Å². The van der Waals surface area contributed by atoms with Gasteiger partial charge < -0.3 is 4.74 Å². The summed E-state index contributed by atoms with van der Waals surface area (Å²) in [4.78, 5) is 9.83. The zero-order valence-electron chi connectivity index (χ0n) is 8.51. The molecule has 1 aromatic rings. The molecule has 2 N–H and O–H groups in total. The maximum Gasteiger partial charge on any atom is 0.574 e. The van der Waals surface area contributed by atoms with Gasteiger partial charge in [-0.25, -0.2) is 18.5 Å². The fraction of sp³-hybridized carbons (Fsp3) is 0.167. The maximum atomic E-state index is 13.5. The minimum atomic E-state index is -5.38. The largest absolute Gasteiger partial charge is 0.574 e. The van der Waals surface area contributed by atoms with Crippen LogP contribution < -0.4 is 9.88 Å². The number of nitrogens with zero attached hydrogens (tertiary/aromatic N) is 2. The van der Waals surface area contributed by atoms with E-state index in [2.05, 4.69) is 14.9 Å². The number of alkyl halides is 3. The van der Waals surface area contributed by atoms with Crippen LogP contribution in [-0.4, -0.2) is 24.7 Å². The highest BCUT2D eigenvalue weighted by atomic mass is 32.2. The number of primary sulfonamides is 1. The van der Waals surface area contributed by atoms with Gasteiger partial charge in [0.1, 0.15) is 6.20 Å². The van der Waals surface area contributed by atoms with Crippen molar-refractivity contribution in [2.75, 3.05) is 0 Å². The first-order valence-corrected chi connectivity index (χ1v) is 5.59. The van der Waals surface area contributed by atoms with Gasteiger partial charge in [-0.1, -0.05) is 0 Å². The monoisotopic (exact) mass is 305 g/mol. The molecule has 0 aliphatic heterocycles. The summed E-state index contributed by atoms with van der Waals surface area (Å²) in [6.45, 7) is 0. The highest BCUT2D eigenvalue weighted by Gasteiger charge is 2.38. The van der Waals surface area contributed by atoms with Crippen LogP contribution in [-0.2, 0) is 10.0 Å². The van der Waals surface area contributed by atoms with Crippen molar-refractivity contribution in [1.29, 1.82) is 0 Å². The molecule has 1 heterocycles. The summed E-state index contributed by atoms with van der Waals surface area (Å²) in [5, 5.41) is 14.8. The van der Waals surface area contributed by atoms with Crippen LogP contribution in [0.3, 0.4) is 0 Å². The number of halogens is 4. The van der Waals surface area contributed by atoms with Crippen molar-refractivity contribution in [3.05, 3.63) is 22.1 Å². The van der Waals surface area contributed by atoms with Crippen molar-refractivity contribution in [1.82, 2.24) is 4.98 Å². The normalized spacial score (nSPS) is 12.3. The van der Waals surface area contributed by atoms with Crippen LogP contribution in [0.4, 0.5) is 23.2 Å². The number of hydrogen-bond acceptors (Lipinski definition) is 6. The maximum absolute atomic E-state index is 13.5. The Hall–Kier alpha value is -2.02. The quantitative estimate of drug-likeness (QED) is 0.497. The molecule has 0 amide bonds. The average molecular weight is 305 g/mol. The van der Waals surface area contributed by atoms with Gasteiger partial charge in [-0.3, -0.25) is 10.1 Å². The number of aromatic nitrogens is 1. The first-order valence-electron chi connectivity index (χ1n) is 4.05. The minimum absolute atomic E-state index is 0.0745. The van der Waals surface area contributed by atoms with Gasteiger partial charge in [0.25, 0.3) is 0 Å². The van der Waals surface area contributed by atoms with Gasteiger partial charge >= 0.3 is 12.0 Å².